The van der Waals surface area contributed by atoms with Crippen molar-refractivity contribution in [1.29, 1.82) is 0 Å². The van der Waals surface area contributed by atoms with Crippen molar-refractivity contribution in [3.8, 4) is 11.3 Å². The fraction of sp³-hybridized carbons (Fsp3) is 0.364. The third-order valence-corrected chi connectivity index (χ3v) is 8.59. The van der Waals surface area contributed by atoms with Crippen molar-refractivity contribution in [3.05, 3.63) is 76.5 Å². The summed E-state index contributed by atoms with van der Waals surface area (Å²) in [4.78, 5) is 0. The van der Waals surface area contributed by atoms with E-state index in [1.54, 1.807) is 0 Å². The molecule has 0 radical (unpaired) electrons. The summed E-state index contributed by atoms with van der Waals surface area (Å²) < 4.78 is 9.15. The second-order valence-electron chi connectivity index (χ2n) is 12.2. The molecule has 0 unspecified atom stereocenters. The molecule has 0 atom stereocenters. The highest BCUT2D eigenvalue weighted by Crippen LogP contribution is 2.51. The first-order valence-corrected chi connectivity index (χ1v) is 12.9. The highest BCUT2D eigenvalue weighted by Gasteiger charge is 2.44. The molecule has 0 amide bonds. The monoisotopic (exact) mass is 462 g/mol. The summed E-state index contributed by atoms with van der Waals surface area (Å²) in [6.07, 6.45) is 4.73. The van der Waals surface area contributed by atoms with Crippen molar-refractivity contribution >= 4 is 32.7 Å². The number of fused-ring (bicyclic) bond motifs is 5. The van der Waals surface area contributed by atoms with Crippen LogP contribution in [0.1, 0.15) is 68.4 Å². The topological polar surface area (TPSA) is 17.0 Å². The minimum absolute atomic E-state index is 0.0916. The van der Waals surface area contributed by atoms with Crippen LogP contribution in [0.25, 0.3) is 44.0 Å². The number of nitrogens with zero attached hydrogens (tertiary/aromatic N) is 1. The van der Waals surface area contributed by atoms with Crippen LogP contribution in [-0.2, 0) is 17.9 Å². The molecule has 178 valence electrons. The average molecular weight is 463 g/mol. The third-order valence-electron chi connectivity index (χ3n) is 8.59. The van der Waals surface area contributed by atoms with Gasteiger partial charge in [0.1, 0.15) is 18.2 Å². The second-order valence-corrected chi connectivity index (χ2v) is 12.2. The second kappa shape index (κ2) is 7.20. The van der Waals surface area contributed by atoms with E-state index in [2.05, 4.69) is 109 Å². The van der Waals surface area contributed by atoms with Gasteiger partial charge in [0.25, 0.3) is 0 Å². The standard InChI is InChI=1S/C33H36NO/c1-19-15-20(2)27(31-26(19)24-16-22-11-9-10-12-23(22)17-25(24)35-31)30-29-28(21(3)18-34(30)8)32(4,5)13-14-33(29,6)7/h9-12,15-18H,13-14H2,1-8H3/q+1. The molecule has 1 aliphatic carbocycles. The predicted octanol–water partition coefficient (Wildman–Crippen LogP) is 8.50. The Morgan fingerprint density at radius 2 is 1.40 bits per heavy atom. The minimum atomic E-state index is 0.0916. The van der Waals surface area contributed by atoms with Gasteiger partial charge in [-0.1, -0.05) is 58.0 Å². The number of aryl methyl sites for hydroxylation is 4. The molecule has 5 aromatic rings. The number of rotatable bonds is 1. The Kier molecular flexibility index (Phi) is 4.59. The molecule has 2 aromatic heterocycles. The summed E-state index contributed by atoms with van der Waals surface area (Å²) in [6, 6.07) is 15.4. The number of aromatic nitrogens is 1. The minimum Gasteiger partial charge on any atom is -0.455 e. The van der Waals surface area contributed by atoms with E-state index in [1.165, 1.54) is 73.5 Å². The van der Waals surface area contributed by atoms with E-state index in [9.17, 15) is 0 Å². The third kappa shape index (κ3) is 3.12. The maximum atomic E-state index is 6.79. The lowest BCUT2D eigenvalue weighted by Gasteiger charge is -2.42. The molecule has 0 saturated heterocycles. The molecule has 3 aromatic carbocycles. The molecule has 0 bridgehead atoms. The first-order chi connectivity index (χ1) is 16.5. The number of hydrogen-bond donors (Lipinski definition) is 0. The van der Waals surface area contributed by atoms with E-state index in [4.69, 9.17) is 4.42 Å². The Morgan fingerprint density at radius 1 is 0.771 bits per heavy atom. The predicted molar refractivity (Wildman–Crippen MR) is 147 cm³/mol. The van der Waals surface area contributed by atoms with E-state index in [0.29, 0.717) is 0 Å². The van der Waals surface area contributed by atoms with Gasteiger partial charge in [0, 0.05) is 21.9 Å². The molecule has 1 aliphatic rings. The molecule has 0 spiro atoms. The van der Waals surface area contributed by atoms with E-state index in [0.717, 1.165) is 11.2 Å². The fourth-order valence-corrected chi connectivity index (χ4v) is 6.91. The summed E-state index contributed by atoms with van der Waals surface area (Å²) in [5.74, 6) is 0. The molecular formula is C33H36NO+. The van der Waals surface area contributed by atoms with Gasteiger partial charge in [-0.05, 0) is 84.0 Å². The highest BCUT2D eigenvalue weighted by atomic mass is 16.3. The van der Waals surface area contributed by atoms with Gasteiger partial charge in [-0.2, -0.15) is 0 Å². The van der Waals surface area contributed by atoms with Crippen LogP contribution in [0.15, 0.2) is 53.1 Å². The summed E-state index contributed by atoms with van der Waals surface area (Å²) in [7, 11) is 2.21. The van der Waals surface area contributed by atoms with Gasteiger partial charge in [0.05, 0.1) is 5.56 Å². The highest BCUT2D eigenvalue weighted by molar-refractivity contribution is 6.14. The lowest BCUT2D eigenvalue weighted by atomic mass is 9.61. The van der Waals surface area contributed by atoms with Gasteiger partial charge in [0.2, 0.25) is 5.69 Å². The van der Waals surface area contributed by atoms with Crippen molar-refractivity contribution < 1.29 is 8.98 Å². The Labute approximate surface area is 208 Å². The summed E-state index contributed by atoms with van der Waals surface area (Å²) in [5.41, 5.74) is 11.8. The Morgan fingerprint density at radius 3 is 2.09 bits per heavy atom. The van der Waals surface area contributed by atoms with Gasteiger partial charge in [-0.25, -0.2) is 4.57 Å². The SMILES string of the molecule is Cc1c[n+](C)c(-c2c(C)cc(C)c3c2oc2cc4ccccc4cc23)c2c1C(C)(C)CCC2(C)C. The lowest BCUT2D eigenvalue weighted by molar-refractivity contribution is -0.661. The maximum Gasteiger partial charge on any atom is 0.220 e. The molecule has 2 heterocycles. The van der Waals surface area contributed by atoms with Crippen LogP contribution in [0.4, 0.5) is 0 Å². The van der Waals surface area contributed by atoms with E-state index in [-0.39, 0.29) is 10.8 Å². The smallest absolute Gasteiger partial charge is 0.220 e. The van der Waals surface area contributed by atoms with Gasteiger partial charge >= 0.3 is 0 Å². The summed E-state index contributed by atoms with van der Waals surface area (Å²) in [5, 5.41) is 4.93. The number of hydrogen-bond acceptors (Lipinski definition) is 1. The van der Waals surface area contributed by atoms with Crippen molar-refractivity contribution in [3.63, 3.8) is 0 Å². The number of pyridine rings is 1. The van der Waals surface area contributed by atoms with Crippen molar-refractivity contribution in [1.82, 2.24) is 0 Å². The average Bonchev–Trinajstić information content (AvgIpc) is 3.14. The van der Waals surface area contributed by atoms with E-state index in [1.807, 2.05) is 0 Å². The zero-order valence-electron chi connectivity index (χ0n) is 22.4. The Hall–Kier alpha value is -3.13. The summed E-state index contributed by atoms with van der Waals surface area (Å²) in [6.45, 7) is 16.5. The van der Waals surface area contributed by atoms with Gasteiger partial charge in [0.15, 0.2) is 6.20 Å². The molecule has 0 saturated carbocycles. The van der Waals surface area contributed by atoms with Crippen LogP contribution in [0.3, 0.4) is 0 Å². The van der Waals surface area contributed by atoms with Crippen LogP contribution in [0.5, 0.6) is 0 Å². The van der Waals surface area contributed by atoms with E-state index < -0.39 is 0 Å². The molecule has 6 rings (SSSR count). The van der Waals surface area contributed by atoms with Crippen LogP contribution in [-0.4, -0.2) is 0 Å². The van der Waals surface area contributed by atoms with Crippen LogP contribution >= 0.6 is 0 Å². The molecule has 0 aliphatic heterocycles. The lowest BCUT2D eigenvalue weighted by Crippen LogP contribution is -2.42. The van der Waals surface area contributed by atoms with Crippen LogP contribution in [0.2, 0.25) is 0 Å². The molecule has 2 nitrogen and oxygen atoms in total. The first kappa shape index (κ1) is 22.3. The molecule has 2 heteroatoms. The normalized spacial score (nSPS) is 16.8. The molecular weight excluding hydrogens is 426 g/mol. The van der Waals surface area contributed by atoms with Crippen molar-refractivity contribution in [2.24, 2.45) is 7.05 Å². The van der Waals surface area contributed by atoms with E-state index >= 15 is 0 Å². The van der Waals surface area contributed by atoms with Gasteiger partial charge in [-0.15, -0.1) is 0 Å². The maximum absolute atomic E-state index is 6.79. The summed E-state index contributed by atoms with van der Waals surface area (Å²) >= 11 is 0. The van der Waals surface area contributed by atoms with Crippen molar-refractivity contribution in [2.45, 2.75) is 72.1 Å². The van der Waals surface area contributed by atoms with Gasteiger partial charge < -0.3 is 4.42 Å². The molecule has 0 fully saturated rings. The van der Waals surface area contributed by atoms with Crippen LogP contribution in [0, 0.1) is 20.8 Å². The number of furan rings is 1. The van der Waals surface area contributed by atoms with Crippen LogP contribution < -0.4 is 4.57 Å². The Balaban J connectivity index is 1.80. The molecule has 0 N–H and O–H groups in total. The zero-order chi connectivity index (χ0) is 24.9. The Bertz CT molecular complexity index is 1680. The quantitative estimate of drug-likeness (QED) is 0.228. The van der Waals surface area contributed by atoms with Gasteiger partial charge in [-0.3, -0.25) is 0 Å². The first-order valence-electron chi connectivity index (χ1n) is 12.9. The number of benzene rings is 3. The van der Waals surface area contributed by atoms with Crippen molar-refractivity contribution in [2.75, 3.05) is 0 Å². The molecule has 35 heavy (non-hydrogen) atoms. The zero-order valence-corrected chi connectivity index (χ0v) is 22.4. The largest absolute Gasteiger partial charge is 0.455 e. The fourth-order valence-electron chi connectivity index (χ4n) is 6.91.